The van der Waals surface area contributed by atoms with Crippen molar-refractivity contribution in [1.82, 2.24) is 0 Å². The van der Waals surface area contributed by atoms with Gasteiger partial charge >= 0.3 is 0 Å². The van der Waals surface area contributed by atoms with E-state index in [9.17, 15) is 10.1 Å². The van der Waals surface area contributed by atoms with E-state index in [0.717, 1.165) is 43.1 Å². The Morgan fingerprint density at radius 2 is 2.25 bits per heavy atom. The molecule has 0 heterocycles. The van der Waals surface area contributed by atoms with Gasteiger partial charge in [0.25, 0.3) is 5.69 Å². The summed E-state index contributed by atoms with van der Waals surface area (Å²) in [6.07, 6.45) is 1.94. The summed E-state index contributed by atoms with van der Waals surface area (Å²) in [5.74, 6) is 1.79. The summed E-state index contributed by atoms with van der Waals surface area (Å²) in [5.41, 5.74) is 1.75. The molecule has 0 saturated heterocycles. The molecule has 1 aromatic carbocycles. The third-order valence-corrected chi connectivity index (χ3v) is 3.84. The number of hydrogen-bond donors (Lipinski definition) is 1. The zero-order valence-corrected chi connectivity index (χ0v) is 12.9. The van der Waals surface area contributed by atoms with E-state index in [4.69, 9.17) is 4.74 Å². The molecule has 112 valence electrons. The van der Waals surface area contributed by atoms with Crippen LogP contribution in [0.2, 0.25) is 0 Å². The van der Waals surface area contributed by atoms with Gasteiger partial charge in [-0.15, -0.1) is 0 Å². The number of anilines is 1. The van der Waals surface area contributed by atoms with Crippen molar-refractivity contribution in [3.63, 3.8) is 0 Å². The number of nitrogens with one attached hydrogen (secondary N) is 1. The Hall–Kier alpha value is -1.27. The van der Waals surface area contributed by atoms with E-state index in [-0.39, 0.29) is 10.6 Å². The van der Waals surface area contributed by atoms with Crippen molar-refractivity contribution in [2.24, 2.45) is 0 Å². The fourth-order valence-corrected chi connectivity index (χ4v) is 2.60. The number of nitro groups is 1. The number of nitrogens with zero attached hydrogens (tertiary/aromatic N) is 1. The number of hydrogen-bond acceptors (Lipinski definition) is 5. The van der Waals surface area contributed by atoms with E-state index in [1.165, 1.54) is 0 Å². The van der Waals surface area contributed by atoms with Crippen LogP contribution in [-0.2, 0) is 10.5 Å². The van der Waals surface area contributed by atoms with Crippen LogP contribution in [0, 0.1) is 10.1 Å². The van der Waals surface area contributed by atoms with E-state index < -0.39 is 0 Å². The highest BCUT2D eigenvalue weighted by molar-refractivity contribution is 7.98. The number of ether oxygens (including phenoxy) is 1. The number of methoxy groups -OCH3 is 1. The molecule has 0 unspecified atom stereocenters. The molecule has 0 atom stereocenters. The Balaban J connectivity index is 2.60. The Morgan fingerprint density at radius 1 is 1.45 bits per heavy atom. The summed E-state index contributed by atoms with van der Waals surface area (Å²) in [6, 6.07) is 5.43. The van der Waals surface area contributed by atoms with Crippen LogP contribution in [0.25, 0.3) is 0 Å². The molecule has 0 aromatic heterocycles. The third-order valence-electron chi connectivity index (χ3n) is 2.73. The second-order valence-electron chi connectivity index (χ2n) is 4.43. The summed E-state index contributed by atoms with van der Waals surface area (Å²) in [4.78, 5) is 10.8. The molecule has 0 fully saturated rings. The highest BCUT2D eigenvalue weighted by Crippen LogP contribution is 2.27. The first-order valence-corrected chi connectivity index (χ1v) is 7.92. The van der Waals surface area contributed by atoms with Crippen molar-refractivity contribution in [3.05, 3.63) is 33.9 Å². The van der Waals surface area contributed by atoms with Crippen LogP contribution >= 0.6 is 11.8 Å². The lowest BCUT2D eigenvalue weighted by Gasteiger charge is -2.08. The first-order chi connectivity index (χ1) is 9.69. The molecular formula is C14H22N2O3S. The van der Waals surface area contributed by atoms with Gasteiger partial charge in [0.15, 0.2) is 0 Å². The number of thioether (sulfide) groups is 1. The van der Waals surface area contributed by atoms with Crippen molar-refractivity contribution >= 4 is 23.1 Å². The quantitative estimate of drug-likeness (QED) is 0.405. The fourth-order valence-electron chi connectivity index (χ4n) is 1.72. The molecule has 1 aromatic rings. The van der Waals surface area contributed by atoms with Gasteiger partial charge in [-0.25, -0.2) is 0 Å². The Kier molecular flexibility index (Phi) is 8.06. The maximum atomic E-state index is 11.1. The molecule has 0 bridgehead atoms. The van der Waals surface area contributed by atoms with Crippen molar-refractivity contribution in [1.29, 1.82) is 0 Å². The fraction of sp³-hybridized carbons (Fsp3) is 0.571. The zero-order valence-electron chi connectivity index (χ0n) is 12.1. The monoisotopic (exact) mass is 298 g/mol. The molecule has 0 aliphatic rings. The largest absolute Gasteiger partial charge is 0.385 e. The van der Waals surface area contributed by atoms with Crippen molar-refractivity contribution in [2.45, 2.75) is 25.5 Å². The predicted molar refractivity (Wildman–Crippen MR) is 84.5 cm³/mol. The smallest absolute Gasteiger partial charge is 0.292 e. The van der Waals surface area contributed by atoms with E-state index in [1.54, 1.807) is 31.0 Å². The lowest BCUT2D eigenvalue weighted by atomic mass is 10.2. The average molecular weight is 298 g/mol. The van der Waals surface area contributed by atoms with Gasteiger partial charge in [0, 0.05) is 32.1 Å². The molecule has 0 saturated carbocycles. The molecule has 0 aliphatic carbocycles. The first kappa shape index (κ1) is 16.8. The van der Waals surface area contributed by atoms with Gasteiger partial charge in [0.1, 0.15) is 5.69 Å². The molecule has 0 spiro atoms. The van der Waals surface area contributed by atoms with Gasteiger partial charge in [-0.3, -0.25) is 10.1 Å². The van der Waals surface area contributed by atoms with Crippen LogP contribution in [0.1, 0.15) is 25.3 Å². The standard InChI is InChI=1S/C14H22N2O3S/c1-3-7-15-13-6-5-12(10-14(13)16(17)18)11-20-9-4-8-19-2/h5-6,10,15H,3-4,7-9,11H2,1-2H3. The maximum Gasteiger partial charge on any atom is 0.292 e. The minimum atomic E-state index is -0.322. The summed E-state index contributed by atoms with van der Waals surface area (Å²) < 4.78 is 4.99. The van der Waals surface area contributed by atoms with Crippen LogP contribution in [-0.4, -0.2) is 30.9 Å². The molecule has 20 heavy (non-hydrogen) atoms. The first-order valence-electron chi connectivity index (χ1n) is 6.77. The molecule has 6 heteroatoms. The minimum absolute atomic E-state index is 0.161. The van der Waals surface area contributed by atoms with E-state index in [1.807, 2.05) is 13.0 Å². The molecule has 0 aliphatic heterocycles. The normalized spacial score (nSPS) is 10.5. The number of benzene rings is 1. The summed E-state index contributed by atoms with van der Waals surface area (Å²) in [7, 11) is 1.69. The highest BCUT2D eigenvalue weighted by Gasteiger charge is 2.13. The zero-order chi connectivity index (χ0) is 14.8. The van der Waals surface area contributed by atoms with Crippen LogP contribution in [0.15, 0.2) is 18.2 Å². The average Bonchev–Trinajstić information content (AvgIpc) is 2.45. The Morgan fingerprint density at radius 3 is 2.90 bits per heavy atom. The van der Waals surface area contributed by atoms with Crippen molar-refractivity contribution in [3.8, 4) is 0 Å². The second kappa shape index (κ2) is 9.61. The van der Waals surface area contributed by atoms with Crippen LogP contribution < -0.4 is 5.32 Å². The van der Waals surface area contributed by atoms with Gasteiger partial charge < -0.3 is 10.1 Å². The van der Waals surface area contributed by atoms with E-state index in [0.29, 0.717) is 5.69 Å². The molecule has 5 nitrogen and oxygen atoms in total. The van der Waals surface area contributed by atoms with E-state index >= 15 is 0 Å². The van der Waals surface area contributed by atoms with Gasteiger partial charge in [0.05, 0.1) is 4.92 Å². The lowest BCUT2D eigenvalue weighted by molar-refractivity contribution is -0.384. The minimum Gasteiger partial charge on any atom is -0.385 e. The predicted octanol–water partition coefficient (Wildman–Crippen LogP) is 3.69. The van der Waals surface area contributed by atoms with Crippen LogP contribution in [0.5, 0.6) is 0 Å². The summed E-state index contributed by atoms with van der Waals surface area (Å²) in [5, 5.41) is 14.2. The van der Waals surface area contributed by atoms with Gasteiger partial charge in [-0.1, -0.05) is 13.0 Å². The molecule has 1 N–H and O–H groups in total. The van der Waals surface area contributed by atoms with Crippen molar-refractivity contribution in [2.75, 3.05) is 31.3 Å². The Labute approximate surface area is 124 Å². The molecule has 0 radical (unpaired) electrons. The molecular weight excluding hydrogens is 276 g/mol. The summed E-state index contributed by atoms with van der Waals surface area (Å²) >= 11 is 1.77. The SMILES string of the molecule is CCCNc1ccc(CSCCCOC)cc1[N+](=O)[O-]. The van der Waals surface area contributed by atoms with Crippen LogP contribution in [0.3, 0.4) is 0 Å². The lowest BCUT2D eigenvalue weighted by Crippen LogP contribution is -2.03. The third kappa shape index (κ3) is 5.79. The van der Waals surface area contributed by atoms with Gasteiger partial charge in [-0.2, -0.15) is 11.8 Å². The number of rotatable bonds is 10. The molecule has 0 amide bonds. The van der Waals surface area contributed by atoms with E-state index in [2.05, 4.69) is 5.32 Å². The van der Waals surface area contributed by atoms with Gasteiger partial charge in [-0.05, 0) is 30.2 Å². The molecule has 1 rings (SSSR count). The topological polar surface area (TPSA) is 64.4 Å². The maximum absolute atomic E-state index is 11.1. The second-order valence-corrected chi connectivity index (χ2v) is 5.54. The highest BCUT2D eigenvalue weighted by atomic mass is 32.2. The van der Waals surface area contributed by atoms with Gasteiger partial charge in [0.2, 0.25) is 0 Å². The van der Waals surface area contributed by atoms with Crippen molar-refractivity contribution < 1.29 is 9.66 Å². The summed E-state index contributed by atoms with van der Waals surface area (Å²) in [6.45, 7) is 3.53. The number of nitro benzene ring substituents is 1. The van der Waals surface area contributed by atoms with Crippen LogP contribution in [0.4, 0.5) is 11.4 Å². The Bertz CT molecular complexity index is 427.